The molecule has 0 bridgehead atoms. The molecule has 2 aromatic carbocycles. The van der Waals surface area contributed by atoms with Gasteiger partial charge in [0.25, 0.3) is 0 Å². The topological polar surface area (TPSA) is 95.5 Å². The first-order valence-corrected chi connectivity index (χ1v) is 10.8. The molecule has 1 heterocycles. The maximum absolute atomic E-state index is 12.8. The molecule has 0 saturated carbocycles. The predicted octanol–water partition coefficient (Wildman–Crippen LogP) is 3.13. The standard InChI is InChI=1S/C22H27N5O3S/c1-5-26(13-16-8-11-18(29-3)19(12-16)30-4)20(28)14-31-22-25-24-21(27(22)23)17-9-6-15(2)7-10-17/h6-12H,5,13-14,23H2,1-4H3. The molecule has 164 valence electrons. The van der Waals surface area contributed by atoms with Crippen molar-refractivity contribution < 1.29 is 14.3 Å². The lowest BCUT2D eigenvalue weighted by atomic mass is 10.1. The van der Waals surface area contributed by atoms with Gasteiger partial charge in [0.2, 0.25) is 11.1 Å². The Morgan fingerprint density at radius 2 is 1.81 bits per heavy atom. The number of carbonyl (C=O) groups is 1. The van der Waals surface area contributed by atoms with Gasteiger partial charge in [-0.1, -0.05) is 47.7 Å². The quantitative estimate of drug-likeness (QED) is 0.403. The van der Waals surface area contributed by atoms with E-state index in [2.05, 4.69) is 10.2 Å². The van der Waals surface area contributed by atoms with Crippen molar-refractivity contribution in [3.63, 3.8) is 0 Å². The summed E-state index contributed by atoms with van der Waals surface area (Å²) in [6, 6.07) is 13.5. The van der Waals surface area contributed by atoms with Gasteiger partial charge in [0.05, 0.1) is 20.0 Å². The molecule has 3 rings (SSSR count). The molecule has 8 nitrogen and oxygen atoms in total. The molecule has 1 amide bonds. The van der Waals surface area contributed by atoms with E-state index in [4.69, 9.17) is 15.3 Å². The van der Waals surface area contributed by atoms with Gasteiger partial charge >= 0.3 is 0 Å². The first kappa shape index (κ1) is 22.5. The summed E-state index contributed by atoms with van der Waals surface area (Å²) in [5.41, 5.74) is 2.99. The van der Waals surface area contributed by atoms with Crippen LogP contribution in [0.2, 0.25) is 0 Å². The van der Waals surface area contributed by atoms with Crippen LogP contribution in [0.5, 0.6) is 11.5 Å². The molecule has 3 aromatic rings. The van der Waals surface area contributed by atoms with Crippen molar-refractivity contribution >= 4 is 17.7 Å². The Bertz CT molecular complexity index is 1040. The van der Waals surface area contributed by atoms with E-state index < -0.39 is 0 Å². The smallest absolute Gasteiger partial charge is 0.233 e. The molecule has 0 aliphatic rings. The van der Waals surface area contributed by atoms with Gasteiger partial charge in [-0.2, -0.15) is 0 Å². The third-order valence-electron chi connectivity index (χ3n) is 4.85. The van der Waals surface area contributed by atoms with E-state index >= 15 is 0 Å². The Balaban J connectivity index is 1.65. The molecule has 0 atom stereocenters. The molecule has 0 saturated heterocycles. The van der Waals surface area contributed by atoms with Crippen molar-refractivity contribution in [2.24, 2.45) is 0 Å². The highest BCUT2D eigenvalue weighted by Crippen LogP contribution is 2.28. The number of hydrogen-bond acceptors (Lipinski definition) is 7. The number of aryl methyl sites for hydroxylation is 1. The van der Waals surface area contributed by atoms with E-state index in [-0.39, 0.29) is 11.7 Å². The number of thioether (sulfide) groups is 1. The fraction of sp³-hybridized carbons (Fsp3) is 0.318. The zero-order valence-electron chi connectivity index (χ0n) is 18.2. The van der Waals surface area contributed by atoms with E-state index in [0.29, 0.717) is 35.6 Å². The van der Waals surface area contributed by atoms with Crippen LogP contribution in [-0.2, 0) is 11.3 Å². The third-order valence-corrected chi connectivity index (χ3v) is 5.78. The number of methoxy groups -OCH3 is 2. The van der Waals surface area contributed by atoms with E-state index in [9.17, 15) is 4.79 Å². The minimum absolute atomic E-state index is 0.0119. The number of hydrogen-bond donors (Lipinski definition) is 1. The monoisotopic (exact) mass is 441 g/mol. The van der Waals surface area contributed by atoms with Crippen molar-refractivity contribution in [1.82, 2.24) is 19.8 Å². The molecular formula is C22H27N5O3S. The summed E-state index contributed by atoms with van der Waals surface area (Å²) < 4.78 is 12.0. The Hall–Kier alpha value is -3.20. The van der Waals surface area contributed by atoms with Crippen LogP contribution in [-0.4, -0.2) is 52.2 Å². The number of ether oxygens (including phenoxy) is 2. The molecule has 9 heteroatoms. The predicted molar refractivity (Wildman–Crippen MR) is 122 cm³/mol. The summed E-state index contributed by atoms with van der Waals surface area (Å²) in [4.78, 5) is 14.6. The summed E-state index contributed by atoms with van der Waals surface area (Å²) in [7, 11) is 3.19. The Morgan fingerprint density at radius 1 is 1.10 bits per heavy atom. The number of nitrogens with two attached hydrogens (primary N) is 1. The van der Waals surface area contributed by atoms with Gasteiger partial charge in [0.15, 0.2) is 17.3 Å². The summed E-state index contributed by atoms with van der Waals surface area (Å²) >= 11 is 1.27. The second kappa shape index (κ2) is 10.2. The lowest BCUT2D eigenvalue weighted by Crippen LogP contribution is -2.32. The highest BCUT2D eigenvalue weighted by Gasteiger charge is 2.17. The fourth-order valence-electron chi connectivity index (χ4n) is 3.07. The van der Waals surface area contributed by atoms with Crippen LogP contribution >= 0.6 is 11.8 Å². The summed E-state index contributed by atoms with van der Waals surface area (Å²) in [6.45, 7) is 5.02. The molecular weight excluding hydrogens is 414 g/mol. The number of rotatable bonds is 9. The number of aromatic nitrogens is 3. The highest BCUT2D eigenvalue weighted by molar-refractivity contribution is 7.99. The van der Waals surface area contributed by atoms with E-state index in [1.54, 1.807) is 19.1 Å². The van der Waals surface area contributed by atoms with Crippen molar-refractivity contribution in [3.8, 4) is 22.9 Å². The summed E-state index contributed by atoms with van der Waals surface area (Å²) in [5, 5.41) is 8.82. The zero-order valence-corrected chi connectivity index (χ0v) is 19.0. The number of benzene rings is 2. The number of amides is 1. The molecule has 0 unspecified atom stereocenters. The van der Waals surface area contributed by atoms with Gasteiger partial charge in [-0.05, 0) is 31.5 Å². The molecule has 1 aromatic heterocycles. The Labute approximate surface area is 186 Å². The second-order valence-corrected chi connectivity index (χ2v) is 7.87. The van der Waals surface area contributed by atoms with Crippen molar-refractivity contribution in [2.45, 2.75) is 25.5 Å². The lowest BCUT2D eigenvalue weighted by molar-refractivity contribution is -0.128. The van der Waals surface area contributed by atoms with Gasteiger partial charge in [0, 0.05) is 18.7 Å². The average Bonchev–Trinajstić information content (AvgIpc) is 3.16. The number of nitrogen functional groups attached to an aromatic ring is 1. The van der Waals surface area contributed by atoms with Crippen LogP contribution < -0.4 is 15.3 Å². The van der Waals surface area contributed by atoms with Crippen molar-refractivity contribution in [2.75, 3.05) is 32.4 Å². The van der Waals surface area contributed by atoms with Crippen LogP contribution in [0.3, 0.4) is 0 Å². The second-order valence-electron chi connectivity index (χ2n) is 6.93. The van der Waals surface area contributed by atoms with Gasteiger partial charge < -0.3 is 20.2 Å². The Morgan fingerprint density at radius 3 is 2.45 bits per heavy atom. The van der Waals surface area contributed by atoms with Crippen LogP contribution in [0, 0.1) is 6.92 Å². The number of nitrogens with zero attached hydrogens (tertiary/aromatic N) is 4. The third kappa shape index (κ3) is 5.29. The highest BCUT2D eigenvalue weighted by atomic mass is 32.2. The van der Waals surface area contributed by atoms with Crippen LogP contribution in [0.25, 0.3) is 11.4 Å². The Kier molecular flexibility index (Phi) is 7.41. The fourth-order valence-corrected chi connectivity index (χ4v) is 3.83. The molecule has 2 N–H and O–H groups in total. The van der Waals surface area contributed by atoms with Gasteiger partial charge in [0.1, 0.15) is 0 Å². The van der Waals surface area contributed by atoms with Crippen molar-refractivity contribution in [3.05, 3.63) is 53.6 Å². The molecule has 0 fully saturated rings. The van der Waals surface area contributed by atoms with Crippen LogP contribution in [0.15, 0.2) is 47.6 Å². The summed E-state index contributed by atoms with van der Waals surface area (Å²) in [6.07, 6.45) is 0. The van der Waals surface area contributed by atoms with E-state index in [1.807, 2.05) is 56.3 Å². The average molecular weight is 442 g/mol. The maximum Gasteiger partial charge on any atom is 0.233 e. The molecule has 0 spiro atoms. The molecule has 0 aliphatic carbocycles. The minimum atomic E-state index is -0.0119. The molecule has 31 heavy (non-hydrogen) atoms. The lowest BCUT2D eigenvalue weighted by Gasteiger charge is -2.21. The normalized spacial score (nSPS) is 10.7. The minimum Gasteiger partial charge on any atom is -0.493 e. The zero-order chi connectivity index (χ0) is 22.4. The van der Waals surface area contributed by atoms with E-state index in [0.717, 1.165) is 16.7 Å². The first-order valence-electron chi connectivity index (χ1n) is 9.85. The van der Waals surface area contributed by atoms with E-state index in [1.165, 1.54) is 16.4 Å². The summed E-state index contributed by atoms with van der Waals surface area (Å²) in [5.74, 6) is 8.23. The van der Waals surface area contributed by atoms with Gasteiger partial charge in [-0.15, -0.1) is 10.2 Å². The molecule has 0 radical (unpaired) electrons. The van der Waals surface area contributed by atoms with Gasteiger partial charge in [-0.3, -0.25) is 4.79 Å². The SMILES string of the molecule is CCN(Cc1ccc(OC)c(OC)c1)C(=O)CSc1nnc(-c2ccc(C)cc2)n1N. The number of carbonyl (C=O) groups excluding carboxylic acids is 1. The van der Waals surface area contributed by atoms with Gasteiger partial charge in [-0.25, -0.2) is 4.68 Å². The largest absolute Gasteiger partial charge is 0.493 e. The van der Waals surface area contributed by atoms with Crippen LogP contribution in [0.4, 0.5) is 0 Å². The molecule has 0 aliphatic heterocycles. The van der Waals surface area contributed by atoms with Crippen LogP contribution in [0.1, 0.15) is 18.1 Å². The maximum atomic E-state index is 12.8. The first-order chi connectivity index (χ1) is 15.0. The van der Waals surface area contributed by atoms with Crippen molar-refractivity contribution in [1.29, 1.82) is 0 Å².